The number of nitrogens with one attached hydrogen (secondary N) is 1. The lowest BCUT2D eigenvalue weighted by atomic mass is 9.91. The number of hydrogen-bond acceptors (Lipinski definition) is 4. The van der Waals surface area contributed by atoms with Crippen molar-refractivity contribution in [3.05, 3.63) is 106 Å². The summed E-state index contributed by atoms with van der Waals surface area (Å²) in [6.45, 7) is 0. The third kappa shape index (κ3) is 1.18. The maximum Gasteiger partial charge on any atom is 0.270 e. The van der Waals surface area contributed by atoms with Crippen molar-refractivity contribution >= 4 is 0 Å². The van der Waals surface area contributed by atoms with Gasteiger partial charge < -0.3 is 14.8 Å². The summed E-state index contributed by atoms with van der Waals surface area (Å²) in [6, 6.07) is 20.2. The van der Waals surface area contributed by atoms with E-state index in [4.69, 9.17) is 14.2 Å². The Morgan fingerprint density at radius 2 is 1.48 bits per heavy atom. The average Bonchev–Trinajstić information content (AvgIpc) is 3.33. The van der Waals surface area contributed by atoms with Crippen molar-refractivity contribution in [1.29, 1.82) is 0 Å². The van der Waals surface area contributed by atoms with Gasteiger partial charge in [-0.05, 0) is 6.08 Å². The lowest BCUT2D eigenvalue weighted by Gasteiger charge is -2.37. The molecule has 1 fully saturated rings. The van der Waals surface area contributed by atoms with E-state index in [2.05, 4.69) is 23.5 Å². The average molecular weight is 327 g/mol. The topological polar surface area (TPSA) is 39.7 Å². The Bertz CT molecular complexity index is 1050. The van der Waals surface area contributed by atoms with Crippen molar-refractivity contribution in [2.75, 3.05) is 0 Å². The van der Waals surface area contributed by atoms with Crippen LogP contribution in [0, 0.1) is 0 Å². The molecule has 0 saturated carbocycles. The van der Waals surface area contributed by atoms with Crippen LogP contribution in [-0.4, -0.2) is 6.23 Å². The second-order valence-corrected chi connectivity index (χ2v) is 6.90. The summed E-state index contributed by atoms with van der Waals surface area (Å²) < 4.78 is 19.6. The van der Waals surface area contributed by atoms with E-state index in [0.717, 1.165) is 33.7 Å². The second-order valence-electron chi connectivity index (χ2n) is 6.90. The van der Waals surface area contributed by atoms with Crippen LogP contribution in [0.25, 0.3) is 0 Å². The van der Waals surface area contributed by atoms with E-state index < -0.39 is 11.6 Å². The summed E-state index contributed by atoms with van der Waals surface area (Å²) in [5.74, 6) is -1.12. The number of rotatable bonds is 2. The molecule has 1 saturated heterocycles. The van der Waals surface area contributed by atoms with Crippen molar-refractivity contribution in [3.63, 3.8) is 0 Å². The number of dihydropyridines is 1. The first-order chi connectivity index (χ1) is 12.3. The van der Waals surface area contributed by atoms with E-state index in [0.29, 0.717) is 0 Å². The molecule has 7 rings (SSSR count). The first-order valence-electron chi connectivity index (χ1n) is 8.48. The maximum atomic E-state index is 6.72. The van der Waals surface area contributed by atoms with Gasteiger partial charge in [-0.2, -0.15) is 0 Å². The van der Waals surface area contributed by atoms with Crippen LogP contribution in [0.15, 0.2) is 94.9 Å². The zero-order valence-electron chi connectivity index (χ0n) is 13.2. The molecule has 3 unspecified atom stereocenters. The lowest BCUT2D eigenvalue weighted by Crippen LogP contribution is -2.43. The molecule has 4 aliphatic heterocycles. The van der Waals surface area contributed by atoms with E-state index in [1.807, 2.05) is 48.5 Å². The summed E-state index contributed by atoms with van der Waals surface area (Å²) >= 11 is 0. The molecule has 0 aromatic heterocycles. The maximum absolute atomic E-state index is 6.72. The summed E-state index contributed by atoms with van der Waals surface area (Å²) in [5.41, 5.74) is 6.45. The van der Waals surface area contributed by atoms with Crippen LogP contribution in [0.3, 0.4) is 0 Å². The Kier molecular flexibility index (Phi) is 1.86. The van der Waals surface area contributed by atoms with E-state index in [1.165, 1.54) is 5.57 Å². The molecule has 4 heteroatoms. The number of benzene rings is 2. The Balaban J connectivity index is 1.57. The highest BCUT2D eigenvalue weighted by Crippen LogP contribution is 2.69. The Labute approximate surface area is 144 Å². The van der Waals surface area contributed by atoms with Gasteiger partial charge in [-0.3, -0.25) is 4.74 Å². The highest BCUT2D eigenvalue weighted by Gasteiger charge is 2.72. The quantitative estimate of drug-likeness (QED) is 0.920. The fourth-order valence-corrected chi connectivity index (χ4v) is 4.73. The highest BCUT2D eigenvalue weighted by molar-refractivity contribution is 5.74. The van der Waals surface area contributed by atoms with Crippen LogP contribution in [0.2, 0.25) is 0 Å². The van der Waals surface area contributed by atoms with Crippen molar-refractivity contribution in [2.24, 2.45) is 0 Å². The van der Waals surface area contributed by atoms with Crippen molar-refractivity contribution in [3.8, 4) is 0 Å². The normalized spacial score (nSPS) is 35.4. The van der Waals surface area contributed by atoms with Crippen molar-refractivity contribution in [1.82, 2.24) is 5.32 Å². The monoisotopic (exact) mass is 327 g/mol. The van der Waals surface area contributed by atoms with Crippen LogP contribution in [0.4, 0.5) is 0 Å². The molecule has 2 aromatic rings. The van der Waals surface area contributed by atoms with Crippen molar-refractivity contribution in [2.45, 2.75) is 17.8 Å². The van der Waals surface area contributed by atoms with Crippen LogP contribution < -0.4 is 5.32 Å². The molecule has 3 atom stereocenters. The minimum absolute atomic E-state index is 0.222. The SMILES string of the molecule is C1=C2C3=C4C1=C1NC2OC3(c2ccccc2)OC4(c2ccccc2)O1. The highest BCUT2D eigenvalue weighted by atomic mass is 16.8. The largest absolute Gasteiger partial charge is 0.438 e. The number of allylic oxidation sites excluding steroid dienone is 1. The molecule has 25 heavy (non-hydrogen) atoms. The van der Waals surface area contributed by atoms with Gasteiger partial charge in [0, 0.05) is 27.8 Å². The molecule has 120 valence electrons. The van der Waals surface area contributed by atoms with E-state index in [-0.39, 0.29) is 6.23 Å². The zero-order valence-corrected chi connectivity index (χ0v) is 13.2. The van der Waals surface area contributed by atoms with Gasteiger partial charge >= 0.3 is 0 Å². The van der Waals surface area contributed by atoms with E-state index in [9.17, 15) is 0 Å². The van der Waals surface area contributed by atoms with E-state index >= 15 is 0 Å². The summed E-state index contributed by atoms with van der Waals surface area (Å²) in [7, 11) is 0. The molecule has 4 heterocycles. The molecular formula is C21H13NO3. The van der Waals surface area contributed by atoms with Gasteiger partial charge in [-0.15, -0.1) is 0 Å². The van der Waals surface area contributed by atoms with Crippen LogP contribution in [-0.2, 0) is 25.8 Å². The minimum Gasteiger partial charge on any atom is -0.438 e. The molecule has 0 spiro atoms. The van der Waals surface area contributed by atoms with Crippen LogP contribution in [0.5, 0.6) is 0 Å². The van der Waals surface area contributed by atoms with Crippen LogP contribution in [0.1, 0.15) is 11.1 Å². The van der Waals surface area contributed by atoms with Gasteiger partial charge in [0.2, 0.25) is 11.7 Å². The van der Waals surface area contributed by atoms with Gasteiger partial charge in [0.15, 0.2) is 6.23 Å². The van der Waals surface area contributed by atoms with Crippen LogP contribution >= 0.6 is 0 Å². The van der Waals surface area contributed by atoms with E-state index in [1.54, 1.807) is 0 Å². The molecular weight excluding hydrogens is 314 g/mol. The predicted octanol–water partition coefficient (Wildman–Crippen LogP) is 3.16. The van der Waals surface area contributed by atoms with Crippen molar-refractivity contribution < 1.29 is 14.2 Å². The second kappa shape index (κ2) is 3.72. The fraction of sp³-hybridized carbons (Fsp3) is 0.143. The summed E-state index contributed by atoms with van der Waals surface area (Å²) in [5, 5.41) is 3.39. The van der Waals surface area contributed by atoms with Gasteiger partial charge in [0.1, 0.15) is 0 Å². The Hall–Kier alpha value is -2.82. The first-order valence-corrected chi connectivity index (χ1v) is 8.48. The van der Waals surface area contributed by atoms with Gasteiger partial charge in [0.25, 0.3) is 5.79 Å². The molecule has 1 aliphatic carbocycles. The van der Waals surface area contributed by atoms with Gasteiger partial charge in [-0.25, -0.2) is 0 Å². The summed E-state index contributed by atoms with van der Waals surface area (Å²) in [6.07, 6.45) is 1.97. The number of hydrogen-bond donors (Lipinski definition) is 1. The third-order valence-corrected chi connectivity index (χ3v) is 5.68. The predicted molar refractivity (Wildman–Crippen MR) is 88.6 cm³/mol. The smallest absolute Gasteiger partial charge is 0.270 e. The molecule has 2 bridgehead atoms. The first kappa shape index (κ1) is 12.5. The fourth-order valence-electron chi connectivity index (χ4n) is 4.73. The Morgan fingerprint density at radius 1 is 0.800 bits per heavy atom. The minimum atomic E-state index is -0.951. The lowest BCUT2D eigenvalue weighted by molar-refractivity contribution is -0.327. The molecule has 5 aliphatic rings. The standard InChI is InChI=1S/C21H13NO3/c1-3-7-12(8-4-1)20-16-14-11-15-17(16)21(25-20,13-9-5-2-6-10-13)24-19(15)22-18(14)23-20/h1-11,18,22H. The number of ether oxygens (including phenoxy) is 3. The molecule has 0 radical (unpaired) electrons. The molecule has 2 aromatic carbocycles. The van der Waals surface area contributed by atoms with Gasteiger partial charge in [0.05, 0.1) is 5.57 Å². The van der Waals surface area contributed by atoms with Gasteiger partial charge in [-0.1, -0.05) is 60.7 Å². The molecule has 1 N–H and O–H groups in total. The molecule has 0 amide bonds. The Morgan fingerprint density at radius 3 is 2.20 bits per heavy atom. The third-order valence-electron chi connectivity index (χ3n) is 5.68. The zero-order chi connectivity index (χ0) is 16.2. The summed E-state index contributed by atoms with van der Waals surface area (Å²) in [4.78, 5) is 0. The molecule has 4 nitrogen and oxygen atoms in total.